The number of hydrogen-bond donors (Lipinski definition) is 0. The average Bonchev–Trinajstić information content (AvgIpc) is 2.76. The van der Waals surface area contributed by atoms with Crippen LogP contribution in [0.1, 0.15) is 6.92 Å². The number of nitrogens with zero attached hydrogens (tertiary/aromatic N) is 1. The zero-order valence-electron chi connectivity index (χ0n) is 15.6. The van der Waals surface area contributed by atoms with E-state index in [9.17, 15) is 9.59 Å². The van der Waals surface area contributed by atoms with Crippen molar-refractivity contribution in [2.75, 3.05) is 26.3 Å². The molecule has 1 saturated heterocycles. The van der Waals surface area contributed by atoms with Crippen LogP contribution in [0.5, 0.6) is 5.75 Å². The van der Waals surface area contributed by atoms with Crippen molar-refractivity contribution in [2.24, 2.45) is 0 Å². The Morgan fingerprint density at radius 2 is 1.71 bits per heavy atom. The minimum Gasteiger partial charge on any atom is -0.473 e. The Morgan fingerprint density at radius 1 is 1.04 bits per heavy atom. The highest BCUT2D eigenvalue weighted by atomic mass is 16.5. The first-order valence-electron chi connectivity index (χ1n) is 9.29. The molecule has 1 amide bonds. The van der Waals surface area contributed by atoms with Crippen molar-refractivity contribution in [2.45, 2.75) is 13.0 Å². The number of fused-ring (bicyclic) bond motifs is 1. The molecule has 1 atom stereocenters. The van der Waals surface area contributed by atoms with Crippen LogP contribution in [-0.4, -0.2) is 43.2 Å². The van der Waals surface area contributed by atoms with Crippen molar-refractivity contribution in [3.05, 3.63) is 64.8 Å². The van der Waals surface area contributed by atoms with E-state index in [0.29, 0.717) is 48.6 Å². The second-order valence-corrected chi connectivity index (χ2v) is 6.65. The van der Waals surface area contributed by atoms with E-state index in [1.807, 2.05) is 36.4 Å². The summed E-state index contributed by atoms with van der Waals surface area (Å²) in [5, 5.41) is 0.420. The molecule has 0 spiro atoms. The quantitative estimate of drug-likeness (QED) is 0.697. The van der Waals surface area contributed by atoms with E-state index >= 15 is 0 Å². The highest BCUT2D eigenvalue weighted by Crippen LogP contribution is 2.31. The lowest BCUT2D eigenvalue weighted by Crippen LogP contribution is -2.46. The second kappa shape index (κ2) is 7.86. The van der Waals surface area contributed by atoms with Gasteiger partial charge in [0.15, 0.2) is 11.9 Å². The predicted octanol–water partition coefficient (Wildman–Crippen LogP) is 3.09. The van der Waals surface area contributed by atoms with E-state index < -0.39 is 6.10 Å². The van der Waals surface area contributed by atoms with Crippen molar-refractivity contribution in [1.82, 2.24) is 4.90 Å². The molecule has 144 valence electrons. The standard InChI is InChI=1S/C22H21NO5/c1-15(22(25)23-11-13-26-14-12-23)27-21-19(24)17-9-5-6-10-18(17)28-20(21)16-7-3-2-4-8-16/h2-10,15H,11-14H2,1H3. The lowest BCUT2D eigenvalue weighted by molar-refractivity contribution is -0.142. The van der Waals surface area contributed by atoms with Gasteiger partial charge in [-0.25, -0.2) is 0 Å². The average molecular weight is 379 g/mol. The van der Waals surface area contributed by atoms with Gasteiger partial charge in [-0.05, 0) is 19.1 Å². The molecule has 4 rings (SSSR count). The second-order valence-electron chi connectivity index (χ2n) is 6.65. The van der Waals surface area contributed by atoms with Crippen LogP contribution >= 0.6 is 0 Å². The minimum absolute atomic E-state index is 0.0546. The van der Waals surface area contributed by atoms with Gasteiger partial charge in [0.25, 0.3) is 5.91 Å². The third-order valence-corrected chi connectivity index (χ3v) is 4.76. The molecule has 28 heavy (non-hydrogen) atoms. The number of carbonyl (C=O) groups is 1. The molecule has 3 aromatic rings. The molecule has 6 heteroatoms. The summed E-state index contributed by atoms with van der Waals surface area (Å²) in [6.07, 6.45) is -0.815. The summed E-state index contributed by atoms with van der Waals surface area (Å²) in [4.78, 5) is 27.6. The van der Waals surface area contributed by atoms with Gasteiger partial charge in [0, 0.05) is 18.7 Å². The Hall–Kier alpha value is -3.12. The number of benzene rings is 2. The predicted molar refractivity (Wildman–Crippen MR) is 105 cm³/mol. The van der Waals surface area contributed by atoms with Crippen molar-refractivity contribution in [1.29, 1.82) is 0 Å². The van der Waals surface area contributed by atoms with Gasteiger partial charge >= 0.3 is 0 Å². The van der Waals surface area contributed by atoms with Gasteiger partial charge in [-0.2, -0.15) is 0 Å². The maximum absolute atomic E-state index is 13.1. The van der Waals surface area contributed by atoms with Crippen LogP contribution in [-0.2, 0) is 9.53 Å². The molecule has 0 bridgehead atoms. The van der Waals surface area contributed by atoms with Crippen molar-refractivity contribution in [3.8, 4) is 17.1 Å². The van der Waals surface area contributed by atoms with Crippen molar-refractivity contribution >= 4 is 16.9 Å². The normalized spacial score (nSPS) is 15.4. The number of amides is 1. The largest absolute Gasteiger partial charge is 0.473 e. The summed E-state index contributed by atoms with van der Waals surface area (Å²) < 4.78 is 17.2. The van der Waals surface area contributed by atoms with Crippen LogP contribution in [0, 0.1) is 0 Å². The van der Waals surface area contributed by atoms with E-state index in [1.165, 1.54) is 0 Å². The van der Waals surface area contributed by atoms with Gasteiger partial charge in [-0.3, -0.25) is 9.59 Å². The number of carbonyl (C=O) groups excluding carboxylic acids is 1. The van der Waals surface area contributed by atoms with Gasteiger partial charge in [0.05, 0.1) is 18.6 Å². The number of para-hydroxylation sites is 1. The molecule has 1 aliphatic heterocycles. The SMILES string of the molecule is CC(Oc1c(-c2ccccc2)oc2ccccc2c1=O)C(=O)N1CCOCC1. The molecule has 0 saturated carbocycles. The van der Waals surface area contributed by atoms with Gasteiger partial charge in [0.1, 0.15) is 5.58 Å². The fraction of sp³-hybridized carbons (Fsp3) is 0.273. The molecule has 0 aliphatic carbocycles. The lowest BCUT2D eigenvalue weighted by atomic mass is 10.1. The Morgan fingerprint density at radius 3 is 2.46 bits per heavy atom. The monoisotopic (exact) mass is 379 g/mol. The van der Waals surface area contributed by atoms with Crippen LogP contribution in [0.15, 0.2) is 63.8 Å². The molecule has 1 aromatic heterocycles. The number of hydrogen-bond acceptors (Lipinski definition) is 5. The van der Waals surface area contributed by atoms with Crippen LogP contribution in [0.2, 0.25) is 0 Å². The molecular weight excluding hydrogens is 358 g/mol. The van der Waals surface area contributed by atoms with Crippen LogP contribution < -0.4 is 10.2 Å². The summed E-state index contributed by atoms with van der Waals surface area (Å²) in [6, 6.07) is 16.3. The third kappa shape index (κ3) is 3.51. The van der Waals surface area contributed by atoms with Crippen LogP contribution in [0.4, 0.5) is 0 Å². The van der Waals surface area contributed by atoms with Gasteiger partial charge in [-0.1, -0.05) is 42.5 Å². The van der Waals surface area contributed by atoms with Crippen LogP contribution in [0.3, 0.4) is 0 Å². The van der Waals surface area contributed by atoms with Gasteiger partial charge in [-0.15, -0.1) is 0 Å². The smallest absolute Gasteiger partial charge is 0.263 e. The zero-order valence-corrected chi connectivity index (χ0v) is 15.6. The number of morpholine rings is 1. The summed E-state index contributed by atoms with van der Waals surface area (Å²) in [7, 11) is 0. The summed E-state index contributed by atoms with van der Waals surface area (Å²) in [5.41, 5.74) is 0.902. The number of rotatable bonds is 4. The fourth-order valence-corrected chi connectivity index (χ4v) is 3.28. The molecule has 1 fully saturated rings. The van der Waals surface area contributed by atoms with Crippen molar-refractivity contribution in [3.63, 3.8) is 0 Å². The van der Waals surface area contributed by atoms with E-state index in [-0.39, 0.29) is 17.1 Å². The number of ether oxygens (including phenoxy) is 2. The summed E-state index contributed by atoms with van der Waals surface area (Å²) in [5.74, 6) is 0.208. The first kappa shape index (κ1) is 18.3. The molecule has 2 heterocycles. The molecule has 2 aromatic carbocycles. The first-order chi connectivity index (χ1) is 13.6. The molecule has 1 aliphatic rings. The van der Waals surface area contributed by atoms with Crippen molar-refractivity contribution < 1.29 is 18.7 Å². The Bertz CT molecular complexity index is 1040. The first-order valence-corrected chi connectivity index (χ1v) is 9.29. The lowest BCUT2D eigenvalue weighted by Gasteiger charge is -2.29. The molecular formula is C22H21NO5. The van der Waals surface area contributed by atoms with E-state index in [0.717, 1.165) is 0 Å². The Kier molecular flexibility index (Phi) is 5.12. The van der Waals surface area contributed by atoms with Gasteiger partial charge < -0.3 is 18.8 Å². The summed E-state index contributed by atoms with van der Waals surface area (Å²) >= 11 is 0. The maximum atomic E-state index is 13.1. The molecule has 0 radical (unpaired) electrons. The molecule has 0 N–H and O–H groups in total. The minimum atomic E-state index is -0.815. The van der Waals surface area contributed by atoms with E-state index in [2.05, 4.69) is 0 Å². The molecule has 6 nitrogen and oxygen atoms in total. The van der Waals surface area contributed by atoms with Crippen LogP contribution in [0.25, 0.3) is 22.3 Å². The Balaban J connectivity index is 1.75. The van der Waals surface area contributed by atoms with E-state index in [4.69, 9.17) is 13.9 Å². The zero-order chi connectivity index (χ0) is 19.5. The highest BCUT2D eigenvalue weighted by molar-refractivity contribution is 5.84. The topological polar surface area (TPSA) is 69.0 Å². The van der Waals surface area contributed by atoms with E-state index in [1.54, 1.807) is 30.0 Å². The summed E-state index contributed by atoms with van der Waals surface area (Å²) in [6.45, 7) is 3.70. The molecule has 1 unspecified atom stereocenters. The maximum Gasteiger partial charge on any atom is 0.263 e. The fourth-order valence-electron chi connectivity index (χ4n) is 3.28. The Labute approximate surface area is 162 Å². The van der Waals surface area contributed by atoms with Gasteiger partial charge in [0.2, 0.25) is 11.2 Å². The third-order valence-electron chi connectivity index (χ3n) is 4.76. The highest BCUT2D eigenvalue weighted by Gasteiger charge is 2.27.